The summed E-state index contributed by atoms with van der Waals surface area (Å²) in [7, 11) is 0. The molecule has 3 heteroatoms. The summed E-state index contributed by atoms with van der Waals surface area (Å²) in [5.74, 6) is 0.196. The molecule has 0 aromatic heterocycles. The summed E-state index contributed by atoms with van der Waals surface area (Å²) in [6.07, 6.45) is 0. The molecule has 0 bridgehead atoms. The highest BCUT2D eigenvalue weighted by Gasteiger charge is 2.09. The Bertz CT molecular complexity index is 552. The third kappa shape index (κ3) is 3.58. The van der Waals surface area contributed by atoms with Gasteiger partial charge >= 0.3 is 0 Å². The second-order valence-corrected chi connectivity index (χ2v) is 4.65. The van der Waals surface area contributed by atoms with Gasteiger partial charge in [-0.2, -0.15) is 0 Å². The number of hydrogen-bond donors (Lipinski definition) is 2. The lowest BCUT2D eigenvalue weighted by atomic mass is 10.0. The summed E-state index contributed by atoms with van der Waals surface area (Å²) >= 11 is 0. The first kappa shape index (κ1) is 13.1. The van der Waals surface area contributed by atoms with Gasteiger partial charge in [0.15, 0.2) is 0 Å². The van der Waals surface area contributed by atoms with Gasteiger partial charge in [0.1, 0.15) is 0 Å². The Morgan fingerprint density at radius 3 is 2.58 bits per heavy atom. The number of rotatable bonds is 4. The molecule has 2 aromatic carbocycles. The van der Waals surface area contributed by atoms with Crippen LogP contribution in [0, 0.1) is 0 Å². The van der Waals surface area contributed by atoms with Crippen LogP contribution in [-0.2, 0) is 0 Å². The highest BCUT2D eigenvalue weighted by molar-refractivity contribution is 5.95. The van der Waals surface area contributed by atoms with Crippen molar-refractivity contribution in [2.75, 3.05) is 12.3 Å². The average molecular weight is 254 g/mol. The Morgan fingerprint density at radius 1 is 1.16 bits per heavy atom. The number of nitrogens with two attached hydrogens (primary N) is 1. The maximum Gasteiger partial charge on any atom is 0.251 e. The van der Waals surface area contributed by atoms with Crippen molar-refractivity contribution in [3.8, 4) is 0 Å². The molecule has 0 aliphatic carbocycles. The number of hydrogen-bond acceptors (Lipinski definition) is 2. The number of carbonyl (C=O) groups excluding carboxylic acids is 1. The molecule has 0 aliphatic heterocycles. The van der Waals surface area contributed by atoms with Crippen molar-refractivity contribution in [2.24, 2.45) is 0 Å². The van der Waals surface area contributed by atoms with Crippen LogP contribution in [-0.4, -0.2) is 12.5 Å². The second-order valence-electron chi connectivity index (χ2n) is 4.65. The first-order chi connectivity index (χ1) is 9.16. The van der Waals surface area contributed by atoms with Gasteiger partial charge < -0.3 is 11.1 Å². The molecule has 3 nitrogen and oxygen atoms in total. The van der Waals surface area contributed by atoms with E-state index in [1.54, 1.807) is 24.3 Å². The molecular formula is C16H18N2O. The van der Waals surface area contributed by atoms with Crippen molar-refractivity contribution in [3.05, 3.63) is 65.7 Å². The molecule has 0 aliphatic rings. The minimum absolute atomic E-state index is 0.0879. The summed E-state index contributed by atoms with van der Waals surface area (Å²) in [5, 5.41) is 2.93. The molecule has 0 spiro atoms. The summed E-state index contributed by atoms with van der Waals surface area (Å²) in [6, 6.07) is 17.1. The molecule has 0 saturated carbocycles. The molecule has 19 heavy (non-hydrogen) atoms. The topological polar surface area (TPSA) is 55.1 Å². The largest absolute Gasteiger partial charge is 0.399 e. The van der Waals surface area contributed by atoms with Crippen molar-refractivity contribution in [2.45, 2.75) is 12.8 Å². The third-order valence-corrected chi connectivity index (χ3v) is 3.09. The van der Waals surface area contributed by atoms with Crippen LogP contribution in [0.2, 0.25) is 0 Å². The normalized spacial score (nSPS) is 11.8. The summed E-state index contributed by atoms with van der Waals surface area (Å²) in [4.78, 5) is 12.0. The van der Waals surface area contributed by atoms with E-state index < -0.39 is 0 Å². The number of carbonyl (C=O) groups is 1. The Morgan fingerprint density at radius 2 is 1.89 bits per heavy atom. The van der Waals surface area contributed by atoms with Crippen molar-refractivity contribution < 1.29 is 4.79 Å². The Hall–Kier alpha value is -2.29. The van der Waals surface area contributed by atoms with E-state index in [2.05, 4.69) is 24.4 Å². The second kappa shape index (κ2) is 6.05. The molecule has 1 unspecified atom stereocenters. The number of anilines is 1. The van der Waals surface area contributed by atoms with Crippen LogP contribution in [0.1, 0.15) is 28.8 Å². The zero-order valence-corrected chi connectivity index (χ0v) is 11.0. The molecular weight excluding hydrogens is 236 g/mol. The van der Waals surface area contributed by atoms with E-state index in [0.29, 0.717) is 17.8 Å². The molecule has 1 amide bonds. The van der Waals surface area contributed by atoms with Gasteiger partial charge in [-0.05, 0) is 29.7 Å². The first-order valence-electron chi connectivity index (χ1n) is 6.35. The highest BCUT2D eigenvalue weighted by Crippen LogP contribution is 2.13. The van der Waals surface area contributed by atoms with Crippen LogP contribution < -0.4 is 11.1 Å². The predicted molar refractivity (Wildman–Crippen MR) is 78.0 cm³/mol. The van der Waals surface area contributed by atoms with Crippen LogP contribution >= 0.6 is 0 Å². The lowest BCUT2D eigenvalue weighted by Crippen LogP contribution is -2.27. The Kier molecular flexibility index (Phi) is 4.18. The van der Waals surface area contributed by atoms with Gasteiger partial charge in [-0.1, -0.05) is 43.3 Å². The lowest BCUT2D eigenvalue weighted by molar-refractivity contribution is 0.0951. The van der Waals surface area contributed by atoms with Gasteiger partial charge in [0.2, 0.25) is 0 Å². The van der Waals surface area contributed by atoms with Crippen LogP contribution in [0.5, 0.6) is 0 Å². The number of amides is 1. The molecule has 98 valence electrons. The average Bonchev–Trinajstić information content (AvgIpc) is 2.45. The van der Waals surface area contributed by atoms with E-state index in [1.807, 2.05) is 18.2 Å². The lowest BCUT2D eigenvalue weighted by Gasteiger charge is -2.13. The standard InChI is InChI=1S/C16H18N2O/c1-12(13-6-3-2-4-7-13)11-18-16(19)14-8-5-9-15(17)10-14/h2-10,12H,11,17H2,1H3,(H,18,19). The van der Waals surface area contributed by atoms with Gasteiger partial charge in [0.25, 0.3) is 5.91 Å². The zero-order valence-electron chi connectivity index (χ0n) is 11.0. The summed E-state index contributed by atoms with van der Waals surface area (Å²) in [6.45, 7) is 2.70. The van der Waals surface area contributed by atoms with Gasteiger partial charge in [0, 0.05) is 17.8 Å². The number of benzene rings is 2. The smallest absolute Gasteiger partial charge is 0.251 e. The van der Waals surface area contributed by atoms with Crippen LogP contribution in [0.25, 0.3) is 0 Å². The SMILES string of the molecule is CC(CNC(=O)c1cccc(N)c1)c1ccccc1. The maximum absolute atomic E-state index is 12.0. The quantitative estimate of drug-likeness (QED) is 0.824. The minimum atomic E-state index is -0.0879. The van der Waals surface area contributed by atoms with Gasteiger partial charge in [-0.15, -0.1) is 0 Å². The molecule has 2 rings (SSSR count). The molecule has 0 radical (unpaired) electrons. The molecule has 3 N–H and O–H groups in total. The summed E-state index contributed by atoms with van der Waals surface area (Å²) < 4.78 is 0. The third-order valence-electron chi connectivity index (χ3n) is 3.09. The fourth-order valence-corrected chi connectivity index (χ4v) is 1.93. The van der Waals surface area contributed by atoms with E-state index in [1.165, 1.54) is 5.56 Å². The maximum atomic E-state index is 12.0. The van der Waals surface area contributed by atoms with Crippen molar-refractivity contribution >= 4 is 11.6 Å². The highest BCUT2D eigenvalue weighted by atomic mass is 16.1. The van der Waals surface area contributed by atoms with E-state index in [4.69, 9.17) is 5.73 Å². The van der Waals surface area contributed by atoms with Gasteiger partial charge in [-0.3, -0.25) is 4.79 Å². The van der Waals surface area contributed by atoms with E-state index in [9.17, 15) is 4.79 Å². The minimum Gasteiger partial charge on any atom is -0.399 e. The fourth-order valence-electron chi connectivity index (χ4n) is 1.93. The first-order valence-corrected chi connectivity index (χ1v) is 6.35. The molecule has 0 heterocycles. The van der Waals surface area contributed by atoms with Crippen molar-refractivity contribution in [1.82, 2.24) is 5.32 Å². The molecule has 0 fully saturated rings. The van der Waals surface area contributed by atoms with E-state index >= 15 is 0 Å². The molecule has 2 aromatic rings. The zero-order chi connectivity index (χ0) is 13.7. The molecule has 0 saturated heterocycles. The number of nitrogen functional groups attached to an aromatic ring is 1. The van der Waals surface area contributed by atoms with Crippen molar-refractivity contribution in [1.29, 1.82) is 0 Å². The predicted octanol–water partition coefficient (Wildman–Crippen LogP) is 2.80. The van der Waals surface area contributed by atoms with E-state index in [-0.39, 0.29) is 11.8 Å². The van der Waals surface area contributed by atoms with Crippen LogP contribution in [0.3, 0.4) is 0 Å². The van der Waals surface area contributed by atoms with Crippen molar-refractivity contribution in [3.63, 3.8) is 0 Å². The monoisotopic (exact) mass is 254 g/mol. The van der Waals surface area contributed by atoms with Gasteiger partial charge in [0.05, 0.1) is 0 Å². The van der Waals surface area contributed by atoms with E-state index in [0.717, 1.165) is 0 Å². The molecule has 1 atom stereocenters. The number of nitrogens with one attached hydrogen (secondary N) is 1. The Balaban J connectivity index is 1.94. The Labute approximate surface area is 113 Å². The fraction of sp³-hybridized carbons (Fsp3) is 0.188. The van der Waals surface area contributed by atoms with Crippen LogP contribution in [0.4, 0.5) is 5.69 Å². The summed E-state index contributed by atoms with van der Waals surface area (Å²) in [5.41, 5.74) is 8.08. The van der Waals surface area contributed by atoms with Gasteiger partial charge in [-0.25, -0.2) is 0 Å². The van der Waals surface area contributed by atoms with Crippen LogP contribution in [0.15, 0.2) is 54.6 Å².